The number of halogens is 2. The summed E-state index contributed by atoms with van der Waals surface area (Å²) < 4.78 is 1.75. The quantitative estimate of drug-likeness (QED) is 0.696. The van der Waals surface area contributed by atoms with Gasteiger partial charge in [-0.1, -0.05) is 29.3 Å². The van der Waals surface area contributed by atoms with Gasteiger partial charge in [-0.05, 0) is 37.6 Å². The van der Waals surface area contributed by atoms with E-state index >= 15 is 0 Å². The fourth-order valence-electron chi connectivity index (χ4n) is 2.92. The van der Waals surface area contributed by atoms with E-state index in [0.717, 1.165) is 22.5 Å². The maximum absolute atomic E-state index is 11.3. The second-order valence-corrected chi connectivity index (χ2v) is 6.78. The van der Waals surface area contributed by atoms with Crippen molar-refractivity contribution in [3.8, 4) is 17.2 Å². The molecular weight excluding hydrogens is 387 g/mol. The number of aromatic carboxylic acids is 1. The molecule has 0 fully saturated rings. The average molecular weight is 401 g/mol. The van der Waals surface area contributed by atoms with Crippen LogP contribution < -0.4 is 0 Å². The van der Waals surface area contributed by atoms with Crippen LogP contribution in [0.15, 0.2) is 30.5 Å². The van der Waals surface area contributed by atoms with Gasteiger partial charge in [0.25, 0.3) is 0 Å². The summed E-state index contributed by atoms with van der Waals surface area (Å²) in [5, 5.41) is 23.2. The molecule has 3 rings (SSSR count). The number of aryl methyl sites for hydroxylation is 1. The van der Waals surface area contributed by atoms with Gasteiger partial charge in [-0.25, -0.2) is 4.79 Å². The van der Waals surface area contributed by atoms with E-state index in [2.05, 4.69) is 10.1 Å². The first kappa shape index (κ1) is 18.9. The van der Waals surface area contributed by atoms with Crippen molar-refractivity contribution in [2.45, 2.75) is 20.4 Å². The Labute approximate surface area is 165 Å². The highest BCUT2D eigenvalue weighted by Gasteiger charge is 2.16. The maximum Gasteiger partial charge on any atom is 0.337 e. The number of rotatable bonds is 4. The molecule has 27 heavy (non-hydrogen) atoms. The van der Waals surface area contributed by atoms with E-state index in [4.69, 9.17) is 28.5 Å². The van der Waals surface area contributed by atoms with Gasteiger partial charge in [-0.2, -0.15) is 10.4 Å². The number of nitriles is 1. The van der Waals surface area contributed by atoms with E-state index < -0.39 is 5.97 Å². The third-order valence-corrected chi connectivity index (χ3v) is 4.83. The lowest BCUT2D eigenvalue weighted by Gasteiger charge is -2.07. The van der Waals surface area contributed by atoms with Crippen LogP contribution in [0.2, 0.25) is 10.0 Å². The minimum absolute atomic E-state index is 0.00213. The second kappa shape index (κ2) is 7.39. The summed E-state index contributed by atoms with van der Waals surface area (Å²) in [7, 11) is 0. The number of aromatic nitrogens is 3. The van der Waals surface area contributed by atoms with Crippen LogP contribution >= 0.6 is 23.2 Å². The van der Waals surface area contributed by atoms with Crippen molar-refractivity contribution in [3.05, 3.63) is 68.7 Å². The van der Waals surface area contributed by atoms with Crippen LogP contribution in [0.1, 0.15) is 33.0 Å². The minimum Gasteiger partial charge on any atom is -0.478 e. The number of carboxylic acids is 1. The Morgan fingerprint density at radius 2 is 2.00 bits per heavy atom. The Kier molecular flexibility index (Phi) is 5.17. The summed E-state index contributed by atoms with van der Waals surface area (Å²) in [6, 6.07) is 8.73. The minimum atomic E-state index is -1.11. The van der Waals surface area contributed by atoms with E-state index in [-0.39, 0.29) is 10.6 Å². The van der Waals surface area contributed by atoms with Crippen LogP contribution in [-0.2, 0) is 6.54 Å². The predicted molar refractivity (Wildman–Crippen MR) is 102 cm³/mol. The number of nitrogens with zero attached hydrogens (tertiary/aromatic N) is 4. The molecule has 3 aromatic rings. The monoisotopic (exact) mass is 400 g/mol. The molecule has 136 valence electrons. The van der Waals surface area contributed by atoms with Gasteiger partial charge in [0, 0.05) is 17.5 Å². The standard InChI is InChI=1S/C19H14Cl2N4O2/c1-10-18(12-3-4-13(7-22)16(20)5-12)11(2)25(24-10)9-14-6-15(19(26)27)17(21)8-23-14/h3-6,8H,9H2,1-2H3,(H,26,27). The van der Waals surface area contributed by atoms with E-state index in [9.17, 15) is 9.90 Å². The van der Waals surface area contributed by atoms with E-state index in [1.807, 2.05) is 26.0 Å². The average Bonchev–Trinajstić information content (AvgIpc) is 2.89. The lowest BCUT2D eigenvalue weighted by atomic mass is 10.0. The summed E-state index contributed by atoms with van der Waals surface area (Å²) in [6.45, 7) is 4.09. The van der Waals surface area contributed by atoms with Gasteiger partial charge in [-0.15, -0.1) is 0 Å². The van der Waals surface area contributed by atoms with Crippen molar-refractivity contribution in [2.75, 3.05) is 0 Å². The van der Waals surface area contributed by atoms with E-state index in [1.165, 1.54) is 12.3 Å². The summed E-state index contributed by atoms with van der Waals surface area (Å²) in [6.07, 6.45) is 1.33. The van der Waals surface area contributed by atoms with Crippen molar-refractivity contribution in [2.24, 2.45) is 0 Å². The summed E-state index contributed by atoms with van der Waals surface area (Å²) in [5.41, 5.74) is 4.38. The lowest BCUT2D eigenvalue weighted by Crippen LogP contribution is -2.08. The zero-order valence-corrected chi connectivity index (χ0v) is 16.0. The van der Waals surface area contributed by atoms with E-state index in [1.54, 1.807) is 16.8 Å². The molecule has 0 unspecified atom stereocenters. The molecule has 8 heteroatoms. The molecular formula is C19H14Cl2N4O2. The first-order chi connectivity index (χ1) is 12.8. The number of carbonyl (C=O) groups is 1. The SMILES string of the molecule is Cc1nn(Cc2cc(C(=O)O)c(Cl)cn2)c(C)c1-c1ccc(C#N)c(Cl)c1. The Morgan fingerprint density at radius 1 is 1.26 bits per heavy atom. The topological polar surface area (TPSA) is 91.8 Å². The van der Waals surface area contributed by atoms with Crippen LogP contribution in [0, 0.1) is 25.2 Å². The van der Waals surface area contributed by atoms with Crippen LogP contribution in [0.25, 0.3) is 11.1 Å². The van der Waals surface area contributed by atoms with Gasteiger partial charge >= 0.3 is 5.97 Å². The lowest BCUT2D eigenvalue weighted by molar-refractivity contribution is 0.0696. The fourth-order valence-corrected chi connectivity index (χ4v) is 3.32. The highest BCUT2D eigenvalue weighted by atomic mass is 35.5. The molecule has 2 heterocycles. The molecule has 1 N–H and O–H groups in total. The molecule has 1 aromatic carbocycles. The summed E-state index contributed by atoms with van der Waals surface area (Å²) in [4.78, 5) is 15.4. The van der Waals surface area contributed by atoms with Crippen molar-refractivity contribution in [3.63, 3.8) is 0 Å². The number of hydrogen-bond donors (Lipinski definition) is 1. The number of benzene rings is 1. The predicted octanol–water partition coefficient (Wildman–Crippen LogP) is 4.49. The van der Waals surface area contributed by atoms with Gasteiger partial charge in [0.15, 0.2) is 0 Å². The maximum atomic E-state index is 11.3. The fraction of sp³-hybridized carbons (Fsp3) is 0.158. The van der Waals surface area contributed by atoms with Crippen LogP contribution in [0.5, 0.6) is 0 Å². The largest absolute Gasteiger partial charge is 0.478 e. The number of pyridine rings is 1. The van der Waals surface area contributed by atoms with Crippen molar-refractivity contribution >= 4 is 29.2 Å². The molecule has 0 spiro atoms. The number of hydrogen-bond acceptors (Lipinski definition) is 4. The van der Waals surface area contributed by atoms with Gasteiger partial charge in [-0.3, -0.25) is 9.67 Å². The van der Waals surface area contributed by atoms with Gasteiger partial charge in [0.2, 0.25) is 0 Å². The Hall–Kier alpha value is -2.88. The second-order valence-electron chi connectivity index (χ2n) is 5.97. The Balaban J connectivity index is 2.00. The highest BCUT2D eigenvalue weighted by molar-refractivity contribution is 6.33. The summed E-state index contributed by atoms with van der Waals surface area (Å²) in [5.74, 6) is -1.11. The molecule has 0 saturated carbocycles. The summed E-state index contributed by atoms with van der Waals surface area (Å²) >= 11 is 12.0. The molecule has 0 radical (unpaired) electrons. The normalized spacial score (nSPS) is 10.6. The third-order valence-electron chi connectivity index (χ3n) is 4.21. The van der Waals surface area contributed by atoms with E-state index in [0.29, 0.717) is 22.8 Å². The van der Waals surface area contributed by atoms with Crippen LogP contribution in [0.3, 0.4) is 0 Å². The smallest absolute Gasteiger partial charge is 0.337 e. The molecule has 6 nitrogen and oxygen atoms in total. The van der Waals surface area contributed by atoms with Crippen molar-refractivity contribution < 1.29 is 9.90 Å². The highest BCUT2D eigenvalue weighted by Crippen LogP contribution is 2.30. The van der Waals surface area contributed by atoms with Crippen molar-refractivity contribution in [1.29, 1.82) is 5.26 Å². The molecule has 0 atom stereocenters. The van der Waals surface area contributed by atoms with Crippen molar-refractivity contribution in [1.82, 2.24) is 14.8 Å². The Bertz CT molecular complexity index is 1100. The Morgan fingerprint density at radius 3 is 2.63 bits per heavy atom. The first-order valence-electron chi connectivity index (χ1n) is 7.93. The van der Waals surface area contributed by atoms with Crippen LogP contribution in [-0.4, -0.2) is 25.8 Å². The van der Waals surface area contributed by atoms with Gasteiger partial charge in [0.1, 0.15) is 6.07 Å². The van der Waals surface area contributed by atoms with Gasteiger partial charge in [0.05, 0.1) is 39.1 Å². The first-order valence-corrected chi connectivity index (χ1v) is 8.69. The zero-order valence-electron chi connectivity index (χ0n) is 14.5. The molecule has 0 aliphatic heterocycles. The molecule has 0 saturated heterocycles. The van der Waals surface area contributed by atoms with Gasteiger partial charge < -0.3 is 5.11 Å². The molecule has 0 bridgehead atoms. The molecule has 2 aromatic heterocycles. The molecule has 0 aliphatic rings. The van der Waals surface area contributed by atoms with Crippen LogP contribution in [0.4, 0.5) is 0 Å². The molecule has 0 amide bonds. The number of carboxylic acid groups (broad SMARTS) is 1. The molecule has 0 aliphatic carbocycles. The zero-order chi connectivity index (χ0) is 19.7. The third kappa shape index (κ3) is 3.65.